The van der Waals surface area contributed by atoms with Crippen molar-refractivity contribution in [2.75, 3.05) is 10.7 Å². The minimum Gasteiger partial charge on any atom is -0.319 e. The van der Waals surface area contributed by atoms with Crippen LogP contribution in [0.5, 0.6) is 0 Å². The Morgan fingerprint density at radius 3 is 2.50 bits per heavy atom. The molecule has 0 radical (unpaired) electrons. The summed E-state index contributed by atoms with van der Waals surface area (Å²) in [6, 6.07) is 3.81. The van der Waals surface area contributed by atoms with E-state index in [2.05, 4.69) is 52.6 Å². The molecule has 2 aromatic rings. The number of nitrogens with one attached hydrogen (secondary N) is 2. The van der Waals surface area contributed by atoms with Crippen LogP contribution < -0.4 is 16.6 Å². The minimum atomic E-state index is -0.375. The van der Waals surface area contributed by atoms with Gasteiger partial charge in [0.1, 0.15) is 5.69 Å². The Bertz CT molecular complexity index is 639. The molecule has 20 heavy (non-hydrogen) atoms. The molecule has 0 atom stereocenters. The molecular weight excluding hydrogens is 390 g/mol. The van der Waals surface area contributed by atoms with E-state index >= 15 is 0 Å². The number of hydrazine groups is 1. The summed E-state index contributed by atoms with van der Waals surface area (Å²) in [5, 5.41) is 2.77. The van der Waals surface area contributed by atoms with Crippen LogP contribution in [0.1, 0.15) is 16.1 Å². The third kappa shape index (κ3) is 3.33. The summed E-state index contributed by atoms with van der Waals surface area (Å²) in [4.78, 5) is 20.1. The van der Waals surface area contributed by atoms with Gasteiger partial charge < -0.3 is 10.7 Å². The molecule has 0 bridgehead atoms. The first-order valence-corrected chi connectivity index (χ1v) is 7.15. The van der Waals surface area contributed by atoms with Gasteiger partial charge in [-0.25, -0.2) is 10.8 Å². The Morgan fingerprint density at radius 1 is 1.25 bits per heavy atom. The number of halogens is 2. The number of hydrogen-bond acceptors (Lipinski definition) is 5. The van der Waals surface area contributed by atoms with Crippen LogP contribution in [0.4, 0.5) is 11.5 Å². The first kappa shape index (κ1) is 14.9. The van der Waals surface area contributed by atoms with Crippen molar-refractivity contribution in [1.82, 2.24) is 9.97 Å². The Labute approximate surface area is 132 Å². The summed E-state index contributed by atoms with van der Waals surface area (Å²) in [6.45, 7) is 1.96. The predicted molar refractivity (Wildman–Crippen MR) is 84.4 cm³/mol. The van der Waals surface area contributed by atoms with Gasteiger partial charge in [-0.3, -0.25) is 9.78 Å². The molecule has 0 unspecified atom stereocenters. The van der Waals surface area contributed by atoms with Gasteiger partial charge in [-0.15, -0.1) is 0 Å². The van der Waals surface area contributed by atoms with E-state index in [1.807, 2.05) is 19.1 Å². The average molecular weight is 401 g/mol. The van der Waals surface area contributed by atoms with E-state index in [0.717, 1.165) is 14.5 Å². The van der Waals surface area contributed by atoms with Gasteiger partial charge >= 0.3 is 0 Å². The first-order chi connectivity index (χ1) is 9.51. The molecule has 1 aromatic carbocycles. The lowest BCUT2D eigenvalue weighted by molar-refractivity contribution is 0.102. The van der Waals surface area contributed by atoms with E-state index in [1.54, 1.807) is 0 Å². The number of anilines is 2. The SMILES string of the molecule is Cc1cc(Br)c(NC(=O)c2cncc(NN)n2)c(Br)c1. The maximum atomic E-state index is 12.1. The summed E-state index contributed by atoms with van der Waals surface area (Å²) >= 11 is 6.83. The Morgan fingerprint density at radius 2 is 1.90 bits per heavy atom. The van der Waals surface area contributed by atoms with Crippen molar-refractivity contribution in [3.63, 3.8) is 0 Å². The highest BCUT2D eigenvalue weighted by molar-refractivity contribution is 9.11. The second-order valence-electron chi connectivity index (χ2n) is 3.99. The summed E-state index contributed by atoms with van der Waals surface area (Å²) in [5.41, 5.74) is 4.21. The second kappa shape index (κ2) is 6.29. The van der Waals surface area contributed by atoms with Crippen LogP contribution in [0.25, 0.3) is 0 Å². The number of carbonyl (C=O) groups excluding carboxylic acids is 1. The molecule has 1 aromatic heterocycles. The fourth-order valence-electron chi connectivity index (χ4n) is 1.54. The molecule has 2 rings (SSSR count). The molecule has 0 saturated carbocycles. The lowest BCUT2D eigenvalue weighted by Gasteiger charge is -2.10. The number of carbonyl (C=O) groups is 1. The maximum absolute atomic E-state index is 12.1. The summed E-state index contributed by atoms with van der Waals surface area (Å²) in [7, 11) is 0. The quantitative estimate of drug-likeness (QED) is 0.544. The van der Waals surface area contributed by atoms with Crippen LogP contribution in [-0.2, 0) is 0 Å². The fraction of sp³-hybridized carbons (Fsp3) is 0.0833. The monoisotopic (exact) mass is 399 g/mol. The molecule has 0 fully saturated rings. The van der Waals surface area contributed by atoms with Gasteiger partial charge in [0.05, 0.1) is 18.1 Å². The lowest BCUT2D eigenvalue weighted by atomic mass is 10.2. The molecule has 104 valence electrons. The standard InChI is InChI=1S/C12H11Br2N5O/c1-6-2-7(13)11(8(14)3-6)18-12(20)9-4-16-5-10(17-9)19-15/h2-5H,15H2,1H3,(H,17,19)(H,18,20). The number of amides is 1. The van der Waals surface area contributed by atoms with Gasteiger partial charge in [-0.1, -0.05) is 0 Å². The van der Waals surface area contributed by atoms with E-state index in [-0.39, 0.29) is 11.6 Å². The van der Waals surface area contributed by atoms with E-state index < -0.39 is 0 Å². The Balaban J connectivity index is 2.28. The van der Waals surface area contributed by atoms with Crippen LogP contribution in [0.15, 0.2) is 33.5 Å². The third-order valence-corrected chi connectivity index (χ3v) is 3.69. The lowest BCUT2D eigenvalue weighted by Crippen LogP contribution is -2.17. The first-order valence-electron chi connectivity index (χ1n) is 5.57. The number of aryl methyl sites for hydroxylation is 1. The molecule has 0 spiro atoms. The van der Waals surface area contributed by atoms with Gasteiger partial charge in [0, 0.05) is 8.95 Å². The zero-order chi connectivity index (χ0) is 14.7. The molecule has 0 aliphatic rings. The molecule has 6 nitrogen and oxygen atoms in total. The number of benzene rings is 1. The van der Waals surface area contributed by atoms with Crippen molar-refractivity contribution in [3.05, 3.63) is 44.7 Å². The van der Waals surface area contributed by atoms with Crippen molar-refractivity contribution < 1.29 is 4.79 Å². The topological polar surface area (TPSA) is 92.9 Å². The molecule has 1 heterocycles. The molecular formula is C12H11Br2N5O. The fourth-order valence-corrected chi connectivity index (χ4v) is 3.16. The number of nitrogens with zero attached hydrogens (tertiary/aromatic N) is 2. The van der Waals surface area contributed by atoms with Crippen LogP contribution >= 0.6 is 31.9 Å². The number of aromatic nitrogens is 2. The minimum absolute atomic E-state index is 0.167. The molecule has 0 aliphatic heterocycles. The number of rotatable bonds is 3. The largest absolute Gasteiger partial charge is 0.319 e. The highest BCUT2D eigenvalue weighted by atomic mass is 79.9. The van der Waals surface area contributed by atoms with Crippen LogP contribution in [0.2, 0.25) is 0 Å². The molecule has 0 saturated heterocycles. The normalized spacial score (nSPS) is 10.2. The predicted octanol–water partition coefficient (Wildman–Crippen LogP) is 2.85. The summed E-state index contributed by atoms with van der Waals surface area (Å²) < 4.78 is 1.55. The van der Waals surface area contributed by atoms with Crippen LogP contribution in [0.3, 0.4) is 0 Å². The van der Waals surface area contributed by atoms with Crippen molar-refractivity contribution in [1.29, 1.82) is 0 Å². The Kier molecular flexibility index (Phi) is 4.69. The van der Waals surface area contributed by atoms with Crippen molar-refractivity contribution in [3.8, 4) is 0 Å². The van der Waals surface area contributed by atoms with E-state index in [0.29, 0.717) is 11.5 Å². The van der Waals surface area contributed by atoms with E-state index in [1.165, 1.54) is 12.4 Å². The molecule has 1 amide bonds. The molecule has 0 aliphatic carbocycles. The van der Waals surface area contributed by atoms with E-state index in [9.17, 15) is 4.79 Å². The average Bonchev–Trinajstić information content (AvgIpc) is 2.42. The van der Waals surface area contributed by atoms with E-state index in [4.69, 9.17) is 5.84 Å². The smallest absolute Gasteiger partial charge is 0.276 e. The van der Waals surface area contributed by atoms with Crippen molar-refractivity contribution in [2.24, 2.45) is 5.84 Å². The van der Waals surface area contributed by atoms with Gasteiger partial charge in [-0.2, -0.15) is 0 Å². The van der Waals surface area contributed by atoms with Crippen molar-refractivity contribution in [2.45, 2.75) is 6.92 Å². The number of nitrogens with two attached hydrogens (primary N) is 1. The van der Waals surface area contributed by atoms with Crippen LogP contribution in [-0.4, -0.2) is 15.9 Å². The second-order valence-corrected chi connectivity index (χ2v) is 5.70. The number of hydrogen-bond donors (Lipinski definition) is 3. The highest BCUT2D eigenvalue weighted by Gasteiger charge is 2.13. The highest BCUT2D eigenvalue weighted by Crippen LogP contribution is 2.32. The van der Waals surface area contributed by atoms with Crippen LogP contribution in [0, 0.1) is 6.92 Å². The maximum Gasteiger partial charge on any atom is 0.276 e. The Hall–Kier alpha value is -1.51. The van der Waals surface area contributed by atoms with Crippen molar-refractivity contribution >= 4 is 49.3 Å². The van der Waals surface area contributed by atoms with Gasteiger partial charge in [0.2, 0.25) is 0 Å². The van der Waals surface area contributed by atoms with Gasteiger partial charge in [0.25, 0.3) is 5.91 Å². The van der Waals surface area contributed by atoms with Gasteiger partial charge in [0.15, 0.2) is 5.82 Å². The molecule has 4 N–H and O–H groups in total. The third-order valence-electron chi connectivity index (χ3n) is 2.44. The number of nitrogen functional groups attached to an aromatic ring is 1. The summed E-state index contributed by atoms with van der Waals surface area (Å²) in [5.74, 6) is 5.18. The molecule has 8 heteroatoms. The zero-order valence-electron chi connectivity index (χ0n) is 10.4. The van der Waals surface area contributed by atoms with Gasteiger partial charge in [-0.05, 0) is 56.5 Å². The zero-order valence-corrected chi connectivity index (χ0v) is 13.6. The summed E-state index contributed by atoms with van der Waals surface area (Å²) in [6.07, 6.45) is 2.79.